The van der Waals surface area contributed by atoms with Gasteiger partial charge in [-0.25, -0.2) is 4.79 Å². The Bertz CT molecular complexity index is 426. The Morgan fingerprint density at radius 2 is 2.00 bits per heavy atom. The van der Waals surface area contributed by atoms with E-state index in [9.17, 15) is 4.79 Å². The summed E-state index contributed by atoms with van der Waals surface area (Å²) in [6.45, 7) is 4.98. The van der Waals surface area contributed by atoms with Crippen LogP contribution in [-0.2, 0) is 0 Å². The van der Waals surface area contributed by atoms with E-state index in [2.05, 4.69) is 11.8 Å². The van der Waals surface area contributed by atoms with Crippen LogP contribution >= 0.6 is 0 Å². The minimum atomic E-state index is -0.906. The first-order chi connectivity index (χ1) is 9.70. The molecule has 4 heteroatoms. The van der Waals surface area contributed by atoms with Crippen LogP contribution in [0.15, 0.2) is 24.3 Å². The third-order valence-electron chi connectivity index (χ3n) is 3.61. The number of carboxylic acid groups (broad SMARTS) is 1. The van der Waals surface area contributed by atoms with Gasteiger partial charge in [-0.2, -0.15) is 0 Å². The highest BCUT2D eigenvalue weighted by molar-refractivity contribution is 5.87. The lowest BCUT2D eigenvalue weighted by atomic mass is 10.2. The second-order valence-corrected chi connectivity index (χ2v) is 5.30. The van der Waals surface area contributed by atoms with Crippen molar-refractivity contribution in [2.75, 3.05) is 19.7 Å². The summed E-state index contributed by atoms with van der Waals surface area (Å²) in [6.07, 6.45) is 5.10. The van der Waals surface area contributed by atoms with E-state index in [4.69, 9.17) is 9.84 Å². The van der Waals surface area contributed by atoms with Crippen LogP contribution in [0, 0.1) is 0 Å². The standard InChI is InChI=1S/C16H23NO3/c1-2-3-10-17(14-6-7-14)11-12-20-15-8-4-13(5-9-15)16(18)19/h4-5,8-9,14H,2-3,6-7,10-12H2,1H3,(H,18,19). The van der Waals surface area contributed by atoms with Gasteiger partial charge in [-0.05, 0) is 50.1 Å². The van der Waals surface area contributed by atoms with Gasteiger partial charge in [0.15, 0.2) is 0 Å². The number of aromatic carboxylic acids is 1. The first-order valence-corrected chi connectivity index (χ1v) is 7.41. The van der Waals surface area contributed by atoms with Crippen molar-refractivity contribution in [2.24, 2.45) is 0 Å². The maximum Gasteiger partial charge on any atom is 0.335 e. The molecule has 0 bridgehead atoms. The molecule has 2 rings (SSSR count). The predicted molar refractivity (Wildman–Crippen MR) is 78.4 cm³/mol. The monoisotopic (exact) mass is 277 g/mol. The normalized spacial score (nSPS) is 14.5. The van der Waals surface area contributed by atoms with Gasteiger partial charge in [0.1, 0.15) is 12.4 Å². The van der Waals surface area contributed by atoms with E-state index in [0.29, 0.717) is 12.2 Å². The van der Waals surface area contributed by atoms with Gasteiger partial charge in [0, 0.05) is 12.6 Å². The summed E-state index contributed by atoms with van der Waals surface area (Å²) in [5, 5.41) is 8.83. The molecule has 0 spiro atoms. The summed E-state index contributed by atoms with van der Waals surface area (Å²) in [7, 11) is 0. The van der Waals surface area contributed by atoms with Crippen LogP contribution in [0.3, 0.4) is 0 Å². The van der Waals surface area contributed by atoms with Crippen molar-refractivity contribution in [1.29, 1.82) is 0 Å². The smallest absolute Gasteiger partial charge is 0.335 e. The number of ether oxygens (including phenoxy) is 1. The first-order valence-electron chi connectivity index (χ1n) is 7.41. The molecule has 0 aliphatic heterocycles. The minimum Gasteiger partial charge on any atom is -0.492 e. The van der Waals surface area contributed by atoms with Gasteiger partial charge < -0.3 is 9.84 Å². The summed E-state index contributed by atoms with van der Waals surface area (Å²) >= 11 is 0. The molecule has 0 saturated heterocycles. The molecule has 1 aliphatic rings. The maximum atomic E-state index is 10.8. The summed E-state index contributed by atoms with van der Waals surface area (Å²) < 4.78 is 5.69. The van der Waals surface area contributed by atoms with Crippen LogP contribution in [0.2, 0.25) is 0 Å². The van der Waals surface area contributed by atoms with Gasteiger partial charge in [-0.3, -0.25) is 4.90 Å². The molecular weight excluding hydrogens is 254 g/mol. The molecule has 1 fully saturated rings. The Kier molecular flexibility index (Phi) is 5.41. The van der Waals surface area contributed by atoms with Crippen molar-refractivity contribution < 1.29 is 14.6 Å². The van der Waals surface area contributed by atoms with Crippen molar-refractivity contribution in [3.63, 3.8) is 0 Å². The number of hydrogen-bond donors (Lipinski definition) is 1. The Morgan fingerprint density at radius 3 is 2.55 bits per heavy atom. The molecule has 4 nitrogen and oxygen atoms in total. The summed E-state index contributed by atoms with van der Waals surface area (Å²) in [5.41, 5.74) is 0.292. The van der Waals surface area contributed by atoms with E-state index >= 15 is 0 Å². The lowest BCUT2D eigenvalue weighted by Gasteiger charge is -2.21. The lowest BCUT2D eigenvalue weighted by Crippen LogP contribution is -2.31. The van der Waals surface area contributed by atoms with Crippen LogP contribution in [0.5, 0.6) is 5.75 Å². The number of hydrogen-bond acceptors (Lipinski definition) is 3. The zero-order chi connectivity index (χ0) is 14.4. The molecule has 1 aromatic rings. The van der Waals surface area contributed by atoms with Crippen LogP contribution in [0.25, 0.3) is 0 Å². The van der Waals surface area contributed by atoms with Crippen molar-refractivity contribution in [1.82, 2.24) is 4.90 Å². The van der Waals surface area contributed by atoms with E-state index in [1.54, 1.807) is 24.3 Å². The molecule has 1 N–H and O–H groups in total. The second kappa shape index (κ2) is 7.29. The van der Waals surface area contributed by atoms with E-state index < -0.39 is 5.97 Å². The fourth-order valence-corrected chi connectivity index (χ4v) is 2.25. The Balaban J connectivity index is 1.74. The average Bonchev–Trinajstić information content (AvgIpc) is 3.27. The highest BCUT2D eigenvalue weighted by Crippen LogP contribution is 2.26. The molecule has 0 aromatic heterocycles. The number of carbonyl (C=O) groups is 1. The third-order valence-corrected chi connectivity index (χ3v) is 3.61. The molecule has 110 valence electrons. The quantitative estimate of drug-likeness (QED) is 0.753. The lowest BCUT2D eigenvalue weighted by molar-refractivity contribution is 0.0697. The largest absolute Gasteiger partial charge is 0.492 e. The van der Waals surface area contributed by atoms with Gasteiger partial charge in [-0.15, -0.1) is 0 Å². The molecule has 0 radical (unpaired) electrons. The number of carboxylic acids is 1. The highest BCUT2D eigenvalue weighted by Gasteiger charge is 2.28. The van der Waals surface area contributed by atoms with Gasteiger partial charge in [0.25, 0.3) is 0 Å². The number of nitrogens with zero attached hydrogens (tertiary/aromatic N) is 1. The molecule has 1 aliphatic carbocycles. The fraction of sp³-hybridized carbons (Fsp3) is 0.562. The van der Waals surface area contributed by atoms with Crippen molar-refractivity contribution in [3.8, 4) is 5.75 Å². The summed E-state index contributed by atoms with van der Waals surface area (Å²) in [5.74, 6) is -0.169. The van der Waals surface area contributed by atoms with Gasteiger partial charge >= 0.3 is 5.97 Å². The zero-order valence-corrected chi connectivity index (χ0v) is 12.0. The Labute approximate surface area is 120 Å². The average molecular weight is 277 g/mol. The topological polar surface area (TPSA) is 49.8 Å². The van der Waals surface area contributed by atoms with E-state index in [0.717, 1.165) is 24.9 Å². The molecule has 0 amide bonds. The molecular formula is C16H23NO3. The van der Waals surface area contributed by atoms with Crippen molar-refractivity contribution >= 4 is 5.97 Å². The van der Waals surface area contributed by atoms with E-state index in [1.165, 1.54) is 25.7 Å². The number of benzene rings is 1. The molecule has 1 saturated carbocycles. The first kappa shape index (κ1) is 14.9. The van der Waals surface area contributed by atoms with Crippen LogP contribution in [0.1, 0.15) is 43.0 Å². The zero-order valence-electron chi connectivity index (χ0n) is 12.0. The second-order valence-electron chi connectivity index (χ2n) is 5.30. The van der Waals surface area contributed by atoms with Gasteiger partial charge in [-0.1, -0.05) is 13.3 Å². The van der Waals surface area contributed by atoms with Crippen LogP contribution < -0.4 is 4.74 Å². The van der Waals surface area contributed by atoms with E-state index in [1.807, 2.05) is 0 Å². The number of rotatable bonds is 9. The van der Waals surface area contributed by atoms with Crippen LogP contribution in [0.4, 0.5) is 0 Å². The maximum absolute atomic E-state index is 10.8. The molecule has 0 heterocycles. The number of unbranched alkanes of at least 4 members (excludes halogenated alkanes) is 1. The van der Waals surface area contributed by atoms with Gasteiger partial charge in [0.05, 0.1) is 5.56 Å². The van der Waals surface area contributed by atoms with Crippen LogP contribution in [-0.4, -0.2) is 41.7 Å². The highest BCUT2D eigenvalue weighted by atomic mass is 16.5. The van der Waals surface area contributed by atoms with E-state index in [-0.39, 0.29) is 0 Å². The Morgan fingerprint density at radius 1 is 1.30 bits per heavy atom. The minimum absolute atomic E-state index is 0.292. The molecule has 20 heavy (non-hydrogen) atoms. The van der Waals surface area contributed by atoms with Crippen molar-refractivity contribution in [2.45, 2.75) is 38.6 Å². The Hall–Kier alpha value is -1.55. The van der Waals surface area contributed by atoms with Gasteiger partial charge in [0.2, 0.25) is 0 Å². The summed E-state index contributed by atoms with van der Waals surface area (Å²) in [6, 6.07) is 7.36. The van der Waals surface area contributed by atoms with Crippen molar-refractivity contribution in [3.05, 3.63) is 29.8 Å². The SMILES string of the molecule is CCCCN(CCOc1ccc(C(=O)O)cc1)C1CC1. The molecule has 0 atom stereocenters. The predicted octanol–water partition coefficient (Wildman–Crippen LogP) is 3.03. The fourth-order valence-electron chi connectivity index (χ4n) is 2.25. The molecule has 0 unspecified atom stereocenters. The summed E-state index contributed by atoms with van der Waals surface area (Å²) in [4.78, 5) is 13.3. The molecule has 1 aromatic carbocycles. The third kappa shape index (κ3) is 4.53.